The molecule has 0 aliphatic rings. The number of amides is 1. The number of benzene rings is 1. The molecule has 136 valence electrons. The van der Waals surface area contributed by atoms with E-state index in [-0.39, 0.29) is 5.91 Å². The van der Waals surface area contributed by atoms with Crippen LogP contribution in [0, 0.1) is 13.8 Å². The third-order valence-corrected chi connectivity index (χ3v) is 4.54. The highest BCUT2D eigenvalue weighted by Crippen LogP contribution is 2.23. The minimum Gasteiger partial charge on any atom is -0.507 e. The van der Waals surface area contributed by atoms with Crippen LogP contribution >= 0.6 is 0 Å². The van der Waals surface area contributed by atoms with Gasteiger partial charge in [0.15, 0.2) is 0 Å². The van der Waals surface area contributed by atoms with Crippen molar-refractivity contribution in [2.24, 2.45) is 0 Å². The fourth-order valence-corrected chi connectivity index (χ4v) is 3.02. The summed E-state index contributed by atoms with van der Waals surface area (Å²) in [4.78, 5) is 11.9. The molecule has 0 aromatic heterocycles. The zero-order valence-electron chi connectivity index (χ0n) is 15.8. The normalized spacial score (nSPS) is 10.8. The Morgan fingerprint density at radius 1 is 0.958 bits per heavy atom. The first-order valence-corrected chi connectivity index (χ1v) is 9.60. The lowest BCUT2D eigenvalue weighted by Crippen LogP contribution is -2.24. The van der Waals surface area contributed by atoms with Crippen LogP contribution in [-0.2, 0) is 11.2 Å². The number of carbonyl (C=O) groups is 1. The van der Waals surface area contributed by atoms with Crippen molar-refractivity contribution in [3.63, 3.8) is 0 Å². The average molecular weight is 334 g/mol. The largest absolute Gasteiger partial charge is 0.507 e. The van der Waals surface area contributed by atoms with Crippen molar-refractivity contribution in [1.29, 1.82) is 0 Å². The lowest BCUT2D eigenvalue weighted by molar-refractivity contribution is -0.121. The monoisotopic (exact) mass is 333 g/mol. The Morgan fingerprint density at radius 2 is 1.50 bits per heavy atom. The lowest BCUT2D eigenvalue weighted by Gasteiger charge is -2.08. The Balaban J connectivity index is 2.08. The molecule has 0 heterocycles. The molecule has 2 N–H and O–H groups in total. The molecule has 0 bridgehead atoms. The van der Waals surface area contributed by atoms with E-state index in [0.29, 0.717) is 12.2 Å². The van der Waals surface area contributed by atoms with Gasteiger partial charge in [-0.15, -0.1) is 0 Å². The topological polar surface area (TPSA) is 49.3 Å². The first-order chi connectivity index (χ1) is 11.5. The van der Waals surface area contributed by atoms with Crippen LogP contribution in [0.5, 0.6) is 5.75 Å². The molecule has 3 nitrogen and oxygen atoms in total. The number of aromatic hydroxyl groups is 1. The zero-order valence-corrected chi connectivity index (χ0v) is 15.8. The molecule has 0 radical (unpaired) electrons. The van der Waals surface area contributed by atoms with Crippen LogP contribution in [0.4, 0.5) is 0 Å². The molecule has 1 amide bonds. The molecule has 3 heteroatoms. The molecule has 1 rings (SSSR count). The van der Waals surface area contributed by atoms with Gasteiger partial charge in [-0.1, -0.05) is 64.0 Å². The highest BCUT2D eigenvalue weighted by molar-refractivity contribution is 5.76. The van der Waals surface area contributed by atoms with Gasteiger partial charge < -0.3 is 10.4 Å². The number of hydrogen-bond donors (Lipinski definition) is 2. The van der Waals surface area contributed by atoms with Gasteiger partial charge in [-0.05, 0) is 43.4 Å². The third-order valence-electron chi connectivity index (χ3n) is 4.54. The number of phenolic OH excluding ortho intramolecular Hbond substituents is 1. The van der Waals surface area contributed by atoms with E-state index in [0.717, 1.165) is 36.1 Å². The van der Waals surface area contributed by atoms with Crippen LogP contribution in [-0.4, -0.2) is 17.6 Å². The number of phenols is 1. The summed E-state index contributed by atoms with van der Waals surface area (Å²) in [6.07, 6.45) is 11.5. The highest BCUT2D eigenvalue weighted by Gasteiger charge is 2.06. The molecule has 0 saturated carbocycles. The molecule has 0 aliphatic heterocycles. The zero-order chi connectivity index (χ0) is 17.8. The fourth-order valence-electron chi connectivity index (χ4n) is 3.02. The van der Waals surface area contributed by atoms with Crippen molar-refractivity contribution in [2.45, 2.75) is 85.0 Å². The SMILES string of the molecule is CCCCCCCCCCNC(=O)CCc1cc(C)c(O)c(C)c1. The second kappa shape index (κ2) is 11.9. The minimum absolute atomic E-state index is 0.126. The number of aryl methyl sites for hydroxylation is 3. The van der Waals surface area contributed by atoms with Crippen molar-refractivity contribution in [1.82, 2.24) is 5.32 Å². The Labute approximate surface area is 147 Å². The van der Waals surface area contributed by atoms with Crippen molar-refractivity contribution in [3.8, 4) is 5.75 Å². The second-order valence-electron chi connectivity index (χ2n) is 6.90. The van der Waals surface area contributed by atoms with E-state index < -0.39 is 0 Å². The van der Waals surface area contributed by atoms with Crippen LogP contribution < -0.4 is 5.32 Å². The van der Waals surface area contributed by atoms with E-state index in [9.17, 15) is 9.90 Å². The van der Waals surface area contributed by atoms with Gasteiger partial charge in [0, 0.05) is 13.0 Å². The highest BCUT2D eigenvalue weighted by atomic mass is 16.3. The van der Waals surface area contributed by atoms with Crippen LogP contribution in [0.25, 0.3) is 0 Å². The minimum atomic E-state index is 0.126. The summed E-state index contributed by atoms with van der Waals surface area (Å²) in [5.41, 5.74) is 2.87. The van der Waals surface area contributed by atoms with Crippen molar-refractivity contribution in [2.75, 3.05) is 6.54 Å². The summed E-state index contributed by atoms with van der Waals surface area (Å²) in [5, 5.41) is 12.8. The molecule has 1 aromatic carbocycles. The summed E-state index contributed by atoms with van der Waals surface area (Å²) in [7, 11) is 0. The van der Waals surface area contributed by atoms with Gasteiger partial charge >= 0.3 is 0 Å². The first-order valence-electron chi connectivity index (χ1n) is 9.60. The fraction of sp³-hybridized carbons (Fsp3) is 0.667. The molecule has 1 aromatic rings. The molecular formula is C21H35NO2. The van der Waals surface area contributed by atoms with Crippen LogP contribution in [0.3, 0.4) is 0 Å². The van der Waals surface area contributed by atoms with E-state index in [2.05, 4.69) is 12.2 Å². The van der Waals surface area contributed by atoms with E-state index in [4.69, 9.17) is 0 Å². The smallest absolute Gasteiger partial charge is 0.220 e. The lowest BCUT2D eigenvalue weighted by atomic mass is 10.0. The maximum atomic E-state index is 11.9. The van der Waals surface area contributed by atoms with E-state index >= 15 is 0 Å². The molecule has 0 atom stereocenters. The molecule has 0 spiro atoms. The summed E-state index contributed by atoms with van der Waals surface area (Å²) < 4.78 is 0. The molecule has 0 saturated heterocycles. The predicted molar refractivity (Wildman–Crippen MR) is 102 cm³/mol. The standard InChI is InChI=1S/C21H35NO2/c1-4-5-6-7-8-9-10-11-14-22-20(23)13-12-19-15-17(2)21(24)18(3)16-19/h15-16,24H,4-14H2,1-3H3,(H,22,23). The number of rotatable bonds is 12. The number of carbonyl (C=O) groups excluding carboxylic acids is 1. The molecule has 0 fully saturated rings. The quantitative estimate of drug-likeness (QED) is 0.517. The number of unbranched alkanes of at least 4 members (excludes halogenated alkanes) is 7. The van der Waals surface area contributed by atoms with Crippen LogP contribution in [0.2, 0.25) is 0 Å². The van der Waals surface area contributed by atoms with Gasteiger partial charge in [-0.3, -0.25) is 4.79 Å². The van der Waals surface area contributed by atoms with Gasteiger partial charge in [0.05, 0.1) is 0 Å². The Morgan fingerprint density at radius 3 is 2.08 bits per heavy atom. The van der Waals surface area contributed by atoms with Crippen molar-refractivity contribution < 1.29 is 9.90 Å². The maximum absolute atomic E-state index is 11.9. The summed E-state index contributed by atoms with van der Waals surface area (Å²) in [6, 6.07) is 3.93. The second-order valence-corrected chi connectivity index (χ2v) is 6.90. The van der Waals surface area contributed by atoms with Crippen LogP contribution in [0.1, 0.15) is 81.4 Å². The predicted octanol–water partition coefficient (Wildman–Crippen LogP) is 5.20. The summed E-state index contributed by atoms with van der Waals surface area (Å²) in [6.45, 7) is 6.83. The van der Waals surface area contributed by atoms with E-state index in [1.54, 1.807) is 0 Å². The third kappa shape index (κ3) is 8.37. The van der Waals surface area contributed by atoms with Gasteiger partial charge in [0.25, 0.3) is 0 Å². The summed E-state index contributed by atoms with van der Waals surface area (Å²) >= 11 is 0. The first kappa shape index (κ1) is 20.5. The van der Waals surface area contributed by atoms with Crippen molar-refractivity contribution >= 4 is 5.91 Å². The van der Waals surface area contributed by atoms with Crippen molar-refractivity contribution in [3.05, 3.63) is 28.8 Å². The Hall–Kier alpha value is -1.51. The molecular weight excluding hydrogens is 298 g/mol. The molecule has 0 unspecified atom stereocenters. The van der Waals surface area contributed by atoms with E-state index in [1.165, 1.54) is 44.9 Å². The van der Waals surface area contributed by atoms with Gasteiger partial charge in [0.1, 0.15) is 5.75 Å². The molecule has 0 aliphatic carbocycles. The number of nitrogens with one attached hydrogen (secondary N) is 1. The Kier molecular flexibility index (Phi) is 10.2. The number of hydrogen-bond acceptors (Lipinski definition) is 2. The van der Waals surface area contributed by atoms with Gasteiger partial charge in [0.2, 0.25) is 5.91 Å². The maximum Gasteiger partial charge on any atom is 0.220 e. The summed E-state index contributed by atoms with van der Waals surface area (Å²) in [5.74, 6) is 0.485. The van der Waals surface area contributed by atoms with E-state index in [1.807, 2.05) is 26.0 Å². The van der Waals surface area contributed by atoms with Gasteiger partial charge in [-0.2, -0.15) is 0 Å². The van der Waals surface area contributed by atoms with Crippen LogP contribution in [0.15, 0.2) is 12.1 Å². The van der Waals surface area contributed by atoms with Gasteiger partial charge in [-0.25, -0.2) is 0 Å². The Bertz CT molecular complexity index is 474. The average Bonchev–Trinajstić information content (AvgIpc) is 2.56. The molecule has 24 heavy (non-hydrogen) atoms.